The monoisotopic (exact) mass is 518 g/mol. The minimum atomic E-state index is -0.510. The zero-order valence-electron chi connectivity index (χ0n) is 22.5. The van der Waals surface area contributed by atoms with Gasteiger partial charge in [0.1, 0.15) is 5.60 Å². The van der Waals surface area contributed by atoms with E-state index in [1.165, 1.54) is 24.3 Å². The number of nitrogens with zero attached hydrogens (tertiary/aromatic N) is 4. The zero-order chi connectivity index (χ0) is 26.9. The number of piperidine rings is 1. The Hall–Kier alpha value is -3.68. The summed E-state index contributed by atoms with van der Waals surface area (Å²) in [5.74, 6) is 0.201. The number of ether oxygens (including phenoxy) is 2. The lowest BCUT2D eigenvalue weighted by Gasteiger charge is -2.41. The molecule has 8 heteroatoms. The summed E-state index contributed by atoms with van der Waals surface area (Å²) in [6.45, 7) is 9.49. The Kier molecular flexibility index (Phi) is 6.99. The maximum atomic E-state index is 15.1. The average molecular weight is 519 g/mol. The normalized spacial score (nSPS) is 17.0. The van der Waals surface area contributed by atoms with Gasteiger partial charge in [-0.1, -0.05) is 51.1 Å². The summed E-state index contributed by atoms with van der Waals surface area (Å²) in [6.07, 6.45) is 2.26. The quantitative estimate of drug-likeness (QED) is 0.421. The van der Waals surface area contributed by atoms with Gasteiger partial charge in [0.05, 0.1) is 12.8 Å². The lowest BCUT2D eigenvalue weighted by atomic mass is 9.86. The Morgan fingerprint density at radius 1 is 1.00 bits per heavy atom. The SMILES string of the molecule is COC(=O)c1ccc(N2CCC3(CC2)CCN(Cc2ccc(C(C)(C)C)cc2)c2cccc(F)c2O3)nn1. The Morgan fingerprint density at radius 3 is 2.34 bits per heavy atom. The molecule has 0 bridgehead atoms. The smallest absolute Gasteiger partial charge is 0.358 e. The molecule has 7 nitrogen and oxygen atoms in total. The fraction of sp³-hybridized carbons (Fsp3) is 0.433. The number of halogens is 1. The van der Waals surface area contributed by atoms with Crippen LogP contribution in [-0.4, -0.2) is 48.5 Å². The van der Waals surface area contributed by atoms with E-state index in [1.807, 2.05) is 6.07 Å². The number of hydrogen-bond acceptors (Lipinski definition) is 7. The number of hydrogen-bond donors (Lipinski definition) is 0. The molecule has 3 aromatic rings. The third-order valence-electron chi connectivity index (χ3n) is 7.68. The number of para-hydroxylation sites is 1. The van der Waals surface area contributed by atoms with Crippen molar-refractivity contribution in [2.24, 2.45) is 0 Å². The lowest BCUT2D eigenvalue weighted by Crippen LogP contribution is -2.49. The van der Waals surface area contributed by atoms with Gasteiger partial charge in [-0.15, -0.1) is 10.2 Å². The molecule has 1 spiro atoms. The van der Waals surface area contributed by atoms with Crippen molar-refractivity contribution < 1.29 is 18.7 Å². The van der Waals surface area contributed by atoms with Crippen LogP contribution in [0.4, 0.5) is 15.9 Å². The molecule has 5 rings (SSSR count). The van der Waals surface area contributed by atoms with Gasteiger partial charge in [0, 0.05) is 45.4 Å². The largest absolute Gasteiger partial charge is 0.482 e. The van der Waals surface area contributed by atoms with E-state index < -0.39 is 11.6 Å². The number of carbonyl (C=O) groups excluding carboxylic acids is 1. The standard InChI is InChI=1S/C30H35FN4O3/c1-29(2,3)22-10-8-21(9-11-22)20-35-19-16-30(38-27-23(31)6-5-7-25(27)35)14-17-34(18-15-30)26-13-12-24(32-33-26)28(36)37-4/h5-13H,14-20H2,1-4H3. The summed E-state index contributed by atoms with van der Waals surface area (Å²) in [5, 5.41) is 8.22. The van der Waals surface area contributed by atoms with E-state index in [4.69, 9.17) is 9.47 Å². The fourth-order valence-corrected chi connectivity index (χ4v) is 5.27. The van der Waals surface area contributed by atoms with E-state index >= 15 is 4.39 Å². The highest BCUT2D eigenvalue weighted by Gasteiger charge is 2.41. The van der Waals surface area contributed by atoms with Crippen molar-refractivity contribution in [1.29, 1.82) is 0 Å². The predicted molar refractivity (Wildman–Crippen MR) is 145 cm³/mol. The van der Waals surface area contributed by atoms with Crippen LogP contribution in [-0.2, 0) is 16.7 Å². The van der Waals surface area contributed by atoms with Gasteiger partial charge in [-0.2, -0.15) is 0 Å². The highest BCUT2D eigenvalue weighted by molar-refractivity contribution is 5.87. The molecular formula is C30H35FN4O3. The molecule has 38 heavy (non-hydrogen) atoms. The second kappa shape index (κ2) is 10.2. The first kappa shape index (κ1) is 25.9. The van der Waals surface area contributed by atoms with Gasteiger partial charge in [0.15, 0.2) is 23.1 Å². The van der Waals surface area contributed by atoms with E-state index in [1.54, 1.807) is 18.2 Å². The third-order valence-corrected chi connectivity index (χ3v) is 7.68. The summed E-state index contributed by atoms with van der Waals surface area (Å²) < 4.78 is 26.4. The zero-order valence-corrected chi connectivity index (χ0v) is 22.5. The van der Waals surface area contributed by atoms with Crippen molar-refractivity contribution in [3.63, 3.8) is 0 Å². The molecule has 0 N–H and O–H groups in total. The third kappa shape index (κ3) is 5.30. The van der Waals surface area contributed by atoms with Crippen LogP contribution in [0.3, 0.4) is 0 Å². The summed E-state index contributed by atoms with van der Waals surface area (Å²) in [7, 11) is 1.32. The van der Waals surface area contributed by atoms with Gasteiger partial charge in [0.25, 0.3) is 0 Å². The predicted octanol–water partition coefficient (Wildman–Crippen LogP) is 5.53. The number of anilines is 2. The topological polar surface area (TPSA) is 67.8 Å². The molecule has 3 heterocycles. The molecule has 0 aliphatic carbocycles. The molecule has 200 valence electrons. The summed E-state index contributed by atoms with van der Waals surface area (Å²) in [6, 6.07) is 17.3. The van der Waals surface area contributed by atoms with Gasteiger partial charge >= 0.3 is 5.97 Å². The fourth-order valence-electron chi connectivity index (χ4n) is 5.27. The molecule has 0 unspecified atom stereocenters. The molecule has 1 aromatic heterocycles. The van der Waals surface area contributed by atoms with Crippen molar-refractivity contribution in [3.8, 4) is 5.75 Å². The minimum Gasteiger partial charge on any atom is -0.482 e. The van der Waals surface area contributed by atoms with Crippen molar-refractivity contribution in [2.75, 3.05) is 36.5 Å². The average Bonchev–Trinajstić information content (AvgIpc) is 3.06. The second-order valence-corrected chi connectivity index (χ2v) is 11.2. The van der Waals surface area contributed by atoms with Crippen LogP contribution >= 0.6 is 0 Å². The van der Waals surface area contributed by atoms with E-state index in [2.05, 4.69) is 65.0 Å². The van der Waals surface area contributed by atoms with Crippen LogP contribution in [0, 0.1) is 5.82 Å². The first-order valence-electron chi connectivity index (χ1n) is 13.2. The second-order valence-electron chi connectivity index (χ2n) is 11.2. The number of rotatable bonds is 4. The van der Waals surface area contributed by atoms with Crippen LogP contribution < -0.4 is 14.5 Å². The van der Waals surface area contributed by atoms with Crippen molar-refractivity contribution in [1.82, 2.24) is 10.2 Å². The van der Waals surface area contributed by atoms with Crippen molar-refractivity contribution in [2.45, 2.75) is 57.6 Å². The van der Waals surface area contributed by atoms with Gasteiger partial charge in [-0.25, -0.2) is 9.18 Å². The molecule has 2 aliphatic heterocycles. The molecule has 0 amide bonds. The molecule has 1 fully saturated rings. The molecule has 0 atom stereocenters. The summed E-state index contributed by atoms with van der Waals surface area (Å²) in [4.78, 5) is 16.0. The van der Waals surface area contributed by atoms with Gasteiger partial charge < -0.3 is 19.3 Å². The number of methoxy groups -OCH3 is 1. The number of carbonyl (C=O) groups is 1. The number of fused-ring (bicyclic) bond motifs is 1. The van der Waals surface area contributed by atoms with Crippen LogP contribution in [0.25, 0.3) is 0 Å². The van der Waals surface area contributed by atoms with E-state index in [0.717, 1.165) is 31.5 Å². The molecule has 2 aromatic carbocycles. The maximum absolute atomic E-state index is 15.1. The Bertz CT molecular complexity index is 1280. The van der Waals surface area contributed by atoms with Gasteiger partial charge in [-0.3, -0.25) is 0 Å². The highest BCUT2D eigenvalue weighted by atomic mass is 19.1. The molecule has 0 saturated carbocycles. The Morgan fingerprint density at radius 2 is 1.71 bits per heavy atom. The Balaban J connectivity index is 1.32. The number of benzene rings is 2. The van der Waals surface area contributed by atoms with E-state index in [9.17, 15) is 4.79 Å². The lowest BCUT2D eigenvalue weighted by molar-refractivity contribution is 0.0373. The molecular weight excluding hydrogens is 483 g/mol. The summed E-state index contributed by atoms with van der Waals surface area (Å²) >= 11 is 0. The van der Waals surface area contributed by atoms with Crippen molar-refractivity contribution in [3.05, 3.63) is 77.2 Å². The number of esters is 1. The Labute approximate surface area is 223 Å². The first-order chi connectivity index (χ1) is 18.2. The van der Waals surface area contributed by atoms with Crippen LogP contribution in [0.5, 0.6) is 5.75 Å². The van der Waals surface area contributed by atoms with Crippen LogP contribution in [0.2, 0.25) is 0 Å². The number of aromatic nitrogens is 2. The molecule has 1 saturated heterocycles. The molecule has 0 radical (unpaired) electrons. The maximum Gasteiger partial charge on any atom is 0.358 e. The van der Waals surface area contributed by atoms with E-state index in [-0.39, 0.29) is 16.9 Å². The van der Waals surface area contributed by atoms with Crippen molar-refractivity contribution >= 4 is 17.5 Å². The van der Waals surface area contributed by atoms with Gasteiger partial charge in [-0.05, 0) is 40.8 Å². The highest BCUT2D eigenvalue weighted by Crippen LogP contribution is 2.42. The van der Waals surface area contributed by atoms with Gasteiger partial charge in [0.2, 0.25) is 0 Å². The first-order valence-corrected chi connectivity index (χ1v) is 13.2. The summed E-state index contributed by atoms with van der Waals surface area (Å²) in [5.41, 5.74) is 3.10. The van der Waals surface area contributed by atoms with Crippen LogP contribution in [0.15, 0.2) is 54.6 Å². The van der Waals surface area contributed by atoms with Crippen LogP contribution in [0.1, 0.15) is 61.6 Å². The van der Waals surface area contributed by atoms with E-state index in [0.29, 0.717) is 31.2 Å². The minimum absolute atomic E-state index is 0.0981. The molecule has 2 aliphatic rings.